The van der Waals surface area contributed by atoms with Crippen LogP contribution in [0.2, 0.25) is 0 Å². The lowest BCUT2D eigenvalue weighted by atomic mass is 10.1. The van der Waals surface area contributed by atoms with Gasteiger partial charge in [0.05, 0.1) is 4.90 Å². The molecule has 3 nitrogen and oxygen atoms in total. The van der Waals surface area contributed by atoms with E-state index < -0.39 is 9.84 Å². The zero-order chi connectivity index (χ0) is 11.1. The van der Waals surface area contributed by atoms with Crippen LogP contribution in [0.25, 0.3) is 5.57 Å². The molecule has 0 saturated carbocycles. The third-order valence-corrected chi connectivity index (χ3v) is 4.31. The normalized spacial score (nSPS) is 17.3. The molecule has 1 N–H and O–H groups in total. The van der Waals surface area contributed by atoms with Crippen molar-refractivity contribution in [3.05, 3.63) is 33.6 Å². The monoisotopic (exact) mass is 288 g/mol. The Balaban J connectivity index is 2.62. The molecule has 0 spiro atoms. The van der Waals surface area contributed by atoms with Crippen molar-refractivity contribution in [2.45, 2.75) is 11.3 Å². The predicted molar refractivity (Wildman–Crippen MR) is 61.0 cm³/mol. The van der Waals surface area contributed by atoms with Crippen LogP contribution in [0.4, 0.5) is 0 Å². The molecule has 0 aromatic heterocycles. The molecule has 2 rings (SSSR count). The summed E-state index contributed by atoms with van der Waals surface area (Å²) in [5.74, 6) is 0. The molecule has 1 aliphatic rings. The van der Waals surface area contributed by atoms with Crippen LogP contribution >= 0.6 is 15.9 Å². The molecule has 0 radical (unpaired) electrons. The van der Waals surface area contributed by atoms with Crippen LogP contribution < -0.4 is 0 Å². The standard InChI is InChI=1S/C10H9BrO3S/c11-8-1-2-9-7(3-4-12)6-15(13,14)10(9)5-8/h1-2,5-6,12H,3-4H2. The van der Waals surface area contributed by atoms with E-state index in [0.29, 0.717) is 22.5 Å². The molecule has 0 atom stereocenters. The molecule has 1 aromatic rings. The molecule has 1 aromatic carbocycles. The summed E-state index contributed by atoms with van der Waals surface area (Å²) in [7, 11) is -3.30. The second-order valence-electron chi connectivity index (χ2n) is 3.30. The van der Waals surface area contributed by atoms with Gasteiger partial charge in [-0.05, 0) is 29.7 Å². The quantitative estimate of drug-likeness (QED) is 0.905. The van der Waals surface area contributed by atoms with E-state index in [4.69, 9.17) is 5.11 Å². The van der Waals surface area contributed by atoms with E-state index in [-0.39, 0.29) is 6.61 Å². The number of hydrogen-bond acceptors (Lipinski definition) is 3. The molecule has 0 saturated heterocycles. The molecule has 0 aliphatic carbocycles. The van der Waals surface area contributed by atoms with Gasteiger partial charge in [0, 0.05) is 16.5 Å². The Hall–Kier alpha value is -0.650. The first-order valence-corrected chi connectivity index (χ1v) is 6.75. The van der Waals surface area contributed by atoms with Crippen LogP contribution in [0.15, 0.2) is 33.0 Å². The molecule has 15 heavy (non-hydrogen) atoms. The molecular weight excluding hydrogens is 280 g/mol. The Morgan fingerprint density at radius 1 is 1.33 bits per heavy atom. The van der Waals surface area contributed by atoms with Crippen molar-refractivity contribution in [3.8, 4) is 0 Å². The number of aliphatic hydroxyl groups excluding tert-OH is 1. The molecule has 0 bridgehead atoms. The van der Waals surface area contributed by atoms with Gasteiger partial charge < -0.3 is 5.11 Å². The van der Waals surface area contributed by atoms with Crippen LogP contribution in [0.3, 0.4) is 0 Å². The van der Waals surface area contributed by atoms with Crippen LogP contribution in [0.1, 0.15) is 12.0 Å². The highest BCUT2D eigenvalue weighted by Crippen LogP contribution is 2.36. The Morgan fingerprint density at radius 3 is 2.73 bits per heavy atom. The van der Waals surface area contributed by atoms with E-state index in [9.17, 15) is 8.42 Å². The average Bonchev–Trinajstić information content (AvgIpc) is 2.39. The second kappa shape index (κ2) is 3.73. The van der Waals surface area contributed by atoms with Crippen LogP contribution in [-0.4, -0.2) is 20.1 Å². The molecule has 5 heteroatoms. The summed E-state index contributed by atoms with van der Waals surface area (Å²) >= 11 is 3.24. The maximum atomic E-state index is 11.7. The summed E-state index contributed by atoms with van der Waals surface area (Å²) < 4.78 is 24.2. The predicted octanol–water partition coefficient (Wildman–Crippen LogP) is 1.96. The molecule has 0 fully saturated rings. The van der Waals surface area contributed by atoms with Gasteiger partial charge in [0.1, 0.15) is 0 Å². The van der Waals surface area contributed by atoms with E-state index in [1.165, 1.54) is 5.41 Å². The van der Waals surface area contributed by atoms with Crippen molar-refractivity contribution in [1.29, 1.82) is 0 Å². The maximum absolute atomic E-state index is 11.7. The highest BCUT2D eigenvalue weighted by Gasteiger charge is 2.26. The van der Waals surface area contributed by atoms with Crippen molar-refractivity contribution in [1.82, 2.24) is 0 Å². The third-order valence-electron chi connectivity index (χ3n) is 2.27. The lowest BCUT2D eigenvalue weighted by Gasteiger charge is -2.02. The Labute approximate surface area is 96.5 Å². The van der Waals surface area contributed by atoms with Gasteiger partial charge in [-0.3, -0.25) is 0 Å². The SMILES string of the molecule is O=S1(=O)C=C(CCO)c2ccc(Br)cc21. The fourth-order valence-corrected chi connectivity index (χ4v) is 3.68. The highest BCUT2D eigenvalue weighted by molar-refractivity contribution is 9.10. The number of halogens is 1. The van der Waals surface area contributed by atoms with Crippen LogP contribution in [0.5, 0.6) is 0 Å². The smallest absolute Gasteiger partial charge is 0.200 e. The first-order valence-electron chi connectivity index (χ1n) is 4.41. The van der Waals surface area contributed by atoms with E-state index in [0.717, 1.165) is 4.47 Å². The van der Waals surface area contributed by atoms with Gasteiger partial charge in [0.15, 0.2) is 0 Å². The topological polar surface area (TPSA) is 54.4 Å². The third kappa shape index (κ3) is 1.87. The Morgan fingerprint density at radius 2 is 2.07 bits per heavy atom. The summed E-state index contributed by atoms with van der Waals surface area (Å²) in [6.07, 6.45) is 0.369. The van der Waals surface area contributed by atoms with E-state index in [2.05, 4.69) is 15.9 Å². The summed E-state index contributed by atoms with van der Waals surface area (Å²) in [5, 5.41) is 10.1. The molecular formula is C10H9BrO3S. The Kier molecular flexibility index (Phi) is 2.70. The van der Waals surface area contributed by atoms with Gasteiger partial charge in [-0.25, -0.2) is 8.42 Å². The van der Waals surface area contributed by atoms with Gasteiger partial charge in [0.25, 0.3) is 0 Å². The van der Waals surface area contributed by atoms with Crippen molar-refractivity contribution in [2.75, 3.05) is 6.61 Å². The van der Waals surface area contributed by atoms with Gasteiger partial charge in [-0.15, -0.1) is 0 Å². The summed E-state index contributed by atoms with van der Waals surface area (Å²) in [6.45, 7) is -0.0448. The molecule has 80 valence electrons. The fraction of sp³-hybridized carbons (Fsp3) is 0.200. The van der Waals surface area contributed by atoms with Crippen molar-refractivity contribution in [3.63, 3.8) is 0 Å². The van der Waals surface area contributed by atoms with Gasteiger partial charge in [0.2, 0.25) is 9.84 Å². The number of fused-ring (bicyclic) bond motifs is 1. The lowest BCUT2D eigenvalue weighted by molar-refractivity contribution is 0.305. The minimum absolute atomic E-state index is 0.0448. The first kappa shape index (κ1) is 10.9. The fourth-order valence-electron chi connectivity index (χ4n) is 1.63. The van der Waals surface area contributed by atoms with Crippen molar-refractivity contribution < 1.29 is 13.5 Å². The minimum atomic E-state index is -3.30. The van der Waals surface area contributed by atoms with Crippen LogP contribution in [-0.2, 0) is 9.84 Å². The zero-order valence-electron chi connectivity index (χ0n) is 7.77. The summed E-state index contributed by atoms with van der Waals surface area (Å²) in [4.78, 5) is 0.320. The number of sulfone groups is 1. The maximum Gasteiger partial charge on any atom is 0.200 e. The first-order chi connectivity index (χ1) is 7.04. The summed E-state index contributed by atoms with van der Waals surface area (Å²) in [5.41, 5.74) is 1.38. The minimum Gasteiger partial charge on any atom is -0.396 e. The average molecular weight is 289 g/mol. The molecule has 1 aliphatic heterocycles. The second-order valence-corrected chi connectivity index (χ2v) is 5.98. The van der Waals surface area contributed by atoms with Crippen molar-refractivity contribution >= 4 is 31.3 Å². The van der Waals surface area contributed by atoms with Crippen molar-refractivity contribution in [2.24, 2.45) is 0 Å². The highest BCUT2D eigenvalue weighted by atomic mass is 79.9. The number of benzene rings is 1. The van der Waals surface area contributed by atoms with Gasteiger partial charge in [-0.1, -0.05) is 22.0 Å². The van der Waals surface area contributed by atoms with Gasteiger partial charge >= 0.3 is 0 Å². The van der Waals surface area contributed by atoms with Crippen LogP contribution in [0, 0.1) is 0 Å². The summed E-state index contributed by atoms with van der Waals surface area (Å²) in [6, 6.07) is 5.14. The van der Waals surface area contributed by atoms with E-state index in [1.807, 2.05) is 0 Å². The number of aliphatic hydroxyl groups is 1. The number of rotatable bonds is 2. The molecule has 0 amide bonds. The zero-order valence-corrected chi connectivity index (χ0v) is 10.2. The number of hydrogen-bond donors (Lipinski definition) is 1. The lowest BCUT2D eigenvalue weighted by Crippen LogP contribution is -1.93. The van der Waals surface area contributed by atoms with E-state index >= 15 is 0 Å². The van der Waals surface area contributed by atoms with E-state index in [1.54, 1.807) is 18.2 Å². The molecule has 0 unspecified atom stereocenters. The molecule has 1 heterocycles. The van der Waals surface area contributed by atoms with Gasteiger partial charge in [-0.2, -0.15) is 0 Å². The largest absolute Gasteiger partial charge is 0.396 e. The Bertz CT molecular complexity index is 532.